The Labute approximate surface area is 73.0 Å². The first-order chi connectivity index (χ1) is 5.48. The Morgan fingerprint density at radius 3 is 2.17 bits per heavy atom. The van der Waals surface area contributed by atoms with E-state index in [1.54, 1.807) is 0 Å². The lowest BCUT2D eigenvalue weighted by molar-refractivity contribution is -0.323. The molecule has 4 nitrogen and oxygen atoms in total. The average molecular weight is 177 g/mol. The fourth-order valence-electron chi connectivity index (χ4n) is 0.985. The van der Waals surface area contributed by atoms with Gasteiger partial charge in [0, 0.05) is 0 Å². The molecule has 0 spiro atoms. The van der Waals surface area contributed by atoms with Crippen molar-refractivity contribution in [3.63, 3.8) is 0 Å². The summed E-state index contributed by atoms with van der Waals surface area (Å²) in [5, 5.41) is 25.9. The minimum Gasteiger partial charge on any atom is -0.342 e. The van der Waals surface area contributed by atoms with Gasteiger partial charge in [0.1, 0.15) is 0 Å². The Morgan fingerprint density at radius 1 is 1.17 bits per heavy atom. The third-order valence-electron chi connectivity index (χ3n) is 1.87. The molecule has 0 rings (SSSR count). The van der Waals surface area contributed by atoms with Gasteiger partial charge in [-0.2, -0.15) is 0 Å². The van der Waals surface area contributed by atoms with Gasteiger partial charge < -0.3 is 21.1 Å². The lowest BCUT2D eigenvalue weighted by Crippen LogP contribution is -2.47. The molecule has 0 aromatic rings. The van der Waals surface area contributed by atoms with E-state index in [1.807, 2.05) is 0 Å². The second-order valence-electron chi connectivity index (χ2n) is 3.14. The van der Waals surface area contributed by atoms with Crippen molar-refractivity contribution in [1.29, 1.82) is 0 Å². The summed E-state index contributed by atoms with van der Waals surface area (Å²) in [7, 11) is 0. The zero-order valence-electron chi connectivity index (χ0n) is 7.53. The molecule has 0 amide bonds. The summed E-state index contributed by atoms with van der Waals surface area (Å²) < 4.78 is 0. The van der Waals surface area contributed by atoms with Crippen LogP contribution in [0.4, 0.5) is 0 Å². The highest BCUT2D eigenvalue weighted by atomic mass is 16.7. The van der Waals surface area contributed by atoms with Crippen LogP contribution in [-0.4, -0.2) is 27.3 Å². The van der Waals surface area contributed by atoms with Crippen LogP contribution < -0.4 is 5.73 Å². The largest absolute Gasteiger partial charge is 0.342 e. The van der Waals surface area contributed by atoms with E-state index in [2.05, 4.69) is 6.92 Å². The maximum Gasteiger partial charge on any atom is 0.291 e. The smallest absolute Gasteiger partial charge is 0.291 e. The van der Waals surface area contributed by atoms with Gasteiger partial charge in [0.2, 0.25) is 0 Å². The average Bonchev–Trinajstić information content (AvgIpc) is 1.96. The standard InChI is InChI=1S/C8H19NO3/c1-2-3-4-5-6-7(9)8(10,11)12/h7,10-12H,2-6,9H2,1H3. The molecule has 0 radical (unpaired) electrons. The molecule has 0 aromatic heterocycles. The van der Waals surface area contributed by atoms with Crippen LogP contribution in [0.1, 0.15) is 39.0 Å². The van der Waals surface area contributed by atoms with E-state index in [9.17, 15) is 0 Å². The molecular weight excluding hydrogens is 158 g/mol. The number of nitrogens with two attached hydrogens (primary N) is 1. The normalized spacial score (nSPS) is 14.8. The summed E-state index contributed by atoms with van der Waals surface area (Å²) >= 11 is 0. The SMILES string of the molecule is CCCCCCC(N)C(O)(O)O. The first kappa shape index (κ1) is 11.8. The van der Waals surface area contributed by atoms with Crippen LogP contribution in [0.3, 0.4) is 0 Å². The maximum absolute atomic E-state index is 8.63. The fraction of sp³-hybridized carbons (Fsp3) is 1.00. The number of unbranched alkanes of at least 4 members (excludes halogenated alkanes) is 3. The molecule has 0 aromatic carbocycles. The van der Waals surface area contributed by atoms with E-state index in [0.29, 0.717) is 6.42 Å². The molecule has 4 heteroatoms. The van der Waals surface area contributed by atoms with E-state index < -0.39 is 12.0 Å². The topological polar surface area (TPSA) is 86.7 Å². The van der Waals surface area contributed by atoms with Gasteiger partial charge >= 0.3 is 0 Å². The molecule has 0 aliphatic heterocycles. The highest BCUT2D eigenvalue weighted by molar-refractivity contribution is 4.68. The van der Waals surface area contributed by atoms with Crippen LogP contribution in [0, 0.1) is 0 Å². The molecule has 0 saturated heterocycles. The van der Waals surface area contributed by atoms with Gasteiger partial charge in [0.05, 0.1) is 6.04 Å². The van der Waals surface area contributed by atoms with E-state index in [1.165, 1.54) is 0 Å². The molecular formula is C8H19NO3. The number of aliphatic hydroxyl groups is 3. The molecule has 0 aliphatic carbocycles. The van der Waals surface area contributed by atoms with Crippen LogP contribution in [-0.2, 0) is 0 Å². The Kier molecular flexibility index (Phi) is 5.41. The van der Waals surface area contributed by atoms with Gasteiger partial charge in [-0.1, -0.05) is 32.6 Å². The molecule has 74 valence electrons. The third-order valence-corrected chi connectivity index (χ3v) is 1.87. The summed E-state index contributed by atoms with van der Waals surface area (Å²) in [4.78, 5) is 0. The van der Waals surface area contributed by atoms with Crippen LogP contribution in [0.25, 0.3) is 0 Å². The van der Waals surface area contributed by atoms with E-state index in [4.69, 9.17) is 21.1 Å². The molecule has 0 bridgehead atoms. The maximum atomic E-state index is 8.63. The molecule has 12 heavy (non-hydrogen) atoms. The predicted molar refractivity (Wildman–Crippen MR) is 46.1 cm³/mol. The highest BCUT2D eigenvalue weighted by Gasteiger charge is 2.27. The predicted octanol–water partition coefficient (Wildman–Crippen LogP) is -0.0852. The van der Waals surface area contributed by atoms with Crippen molar-refractivity contribution in [1.82, 2.24) is 0 Å². The fourth-order valence-corrected chi connectivity index (χ4v) is 0.985. The molecule has 0 saturated carbocycles. The molecule has 5 N–H and O–H groups in total. The van der Waals surface area contributed by atoms with Gasteiger partial charge in [0.25, 0.3) is 5.97 Å². The van der Waals surface area contributed by atoms with Crippen molar-refractivity contribution in [3.05, 3.63) is 0 Å². The lowest BCUT2D eigenvalue weighted by atomic mass is 10.1. The number of hydrogen-bond donors (Lipinski definition) is 4. The van der Waals surface area contributed by atoms with Gasteiger partial charge in [-0.3, -0.25) is 0 Å². The summed E-state index contributed by atoms with van der Waals surface area (Å²) in [5.41, 5.74) is 5.28. The Hall–Kier alpha value is -0.160. The van der Waals surface area contributed by atoms with Gasteiger partial charge in [-0.15, -0.1) is 0 Å². The monoisotopic (exact) mass is 177 g/mol. The van der Waals surface area contributed by atoms with E-state index in [-0.39, 0.29) is 0 Å². The van der Waals surface area contributed by atoms with Crippen LogP contribution in [0.2, 0.25) is 0 Å². The number of rotatable bonds is 6. The van der Waals surface area contributed by atoms with Crippen LogP contribution in [0.15, 0.2) is 0 Å². The second-order valence-corrected chi connectivity index (χ2v) is 3.14. The zero-order valence-corrected chi connectivity index (χ0v) is 7.53. The molecule has 0 heterocycles. The lowest BCUT2D eigenvalue weighted by Gasteiger charge is -2.21. The van der Waals surface area contributed by atoms with E-state index >= 15 is 0 Å². The highest BCUT2D eigenvalue weighted by Crippen LogP contribution is 2.09. The van der Waals surface area contributed by atoms with Crippen molar-refractivity contribution >= 4 is 0 Å². The van der Waals surface area contributed by atoms with Gasteiger partial charge in [-0.25, -0.2) is 0 Å². The Morgan fingerprint density at radius 2 is 1.75 bits per heavy atom. The van der Waals surface area contributed by atoms with Crippen molar-refractivity contribution in [2.75, 3.05) is 0 Å². The minimum atomic E-state index is -2.72. The summed E-state index contributed by atoms with van der Waals surface area (Å²) in [6.45, 7) is 2.09. The molecule has 0 aliphatic rings. The van der Waals surface area contributed by atoms with Crippen molar-refractivity contribution < 1.29 is 15.3 Å². The number of hydrogen-bond acceptors (Lipinski definition) is 4. The molecule has 1 unspecified atom stereocenters. The van der Waals surface area contributed by atoms with E-state index in [0.717, 1.165) is 25.7 Å². The summed E-state index contributed by atoms with van der Waals surface area (Å²) in [5.74, 6) is -2.72. The quantitative estimate of drug-likeness (QED) is 0.337. The summed E-state index contributed by atoms with van der Waals surface area (Å²) in [6.07, 6.45) is 4.50. The first-order valence-electron chi connectivity index (χ1n) is 4.41. The molecule has 0 fully saturated rings. The Balaban J connectivity index is 3.38. The van der Waals surface area contributed by atoms with Crippen molar-refractivity contribution in [3.8, 4) is 0 Å². The Bertz CT molecular complexity index is 111. The van der Waals surface area contributed by atoms with Crippen LogP contribution >= 0.6 is 0 Å². The second kappa shape index (κ2) is 5.48. The van der Waals surface area contributed by atoms with Crippen molar-refractivity contribution in [2.45, 2.75) is 51.0 Å². The molecule has 1 atom stereocenters. The summed E-state index contributed by atoms with van der Waals surface area (Å²) in [6, 6.07) is -0.964. The van der Waals surface area contributed by atoms with Gasteiger partial charge in [-0.05, 0) is 6.42 Å². The van der Waals surface area contributed by atoms with Crippen molar-refractivity contribution in [2.24, 2.45) is 5.73 Å². The van der Waals surface area contributed by atoms with Gasteiger partial charge in [0.15, 0.2) is 0 Å². The van der Waals surface area contributed by atoms with Crippen LogP contribution in [0.5, 0.6) is 0 Å². The third kappa shape index (κ3) is 5.49. The first-order valence-corrected chi connectivity index (χ1v) is 4.41. The zero-order chi connectivity index (χ0) is 9.61. The minimum absolute atomic E-state index is 0.434.